The molecule has 2 heterocycles. The molecule has 1 aliphatic rings. The lowest BCUT2D eigenvalue weighted by atomic mass is 9.64. The third-order valence-corrected chi connectivity index (χ3v) is 6.50. The Hall–Kier alpha value is -2.26. The predicted octanol–water partition coefficient (Wildman–Crippen LogP) is 1.47. The molecule has 0 amide bonds. The van der Waals surface area contributed by atoms with E-state index in [1.165, 1.54) is 6.92 Å². The molecule has 0 bridgehead atoms. The second kappa shape index (κ2) is 7.40. The molecule has 1 aromatic heterocycles. The zero-order valence-corrected chi connectivity index (χ0v) is 17.1. The van der Waals surface area contributed by atoms with Crippen LogP contribution in [0, 0.1) is 0 Å². The summed E-state index contributed by atoms with van der Waals surface area (Å²) < 4.78 is 7.15. The van der Waals surface area contributed by atoms with Crippen molar-refractivity contribution in [1.29, 1.82) is 0 Å². The monoisotopic (exact) mass is 385 g/mol. The molecule has 7 nitrogen and oxygen atoms in total. The molecule has 0 spiro atoms. The second-order valence-electron chi connectivity index (χ2n) is 8.12. The fourth-order valence-corrected chi connectivity index (χ4v) is 4.07. The number of Topliss-reactive ketones (excluding diaryl/α,β-unsaturated/α-hetero) is 2. The summed E-state index contributed by atoms with van der Waals surface area (Å²) in [5, 5.41) is 19.5. The van der Waals surface area contributed by atoms with Crippen molar-refractivity contribution in [1.82, 2.24) is 15.0 Å². The van der Waals surface area contributed by atoms with Crippen molar-refractivity contribution in [3.63, 3.8) is 0 Å². The van der Waals surface area contributed by atoms with Crippen LogP contribution in [0.1, 0.15) is 29.3 Å². The van der Waals surface area contributed by atoms with Crippen LogP contribution in [-0.4, -0.2) is 46.8 Å². The van der Waals surface area contributed by atoms with Gasteiger partial charge in [0.05, 0.1) is 10.9 Å². The fraction of sp³-hybridized carbons (Fsp3) is 0.444. The van der Waals surface area contributed by atoms with Gasteiger partial charge in [0.2, 0.25) is 0 Å². The van der Waals surface area contributed by atoms with Gasteiger partial charge in [0, 0.05) is 18.4 Å². The van der Waals surface area contributed by atoms with Crippen LogP contribution in [0.4, 0.5) is 0 Å². The highest BCUT2D eigenvalue weighted by atomic mass is 28.3. The van der Waals surface area contributed by atoms with Crippen LogP contribution in [0.3, 0.4) is 0 Å². The molecule has 9 heteroatoms. The lowest BCUT2D eigenvalue weighted by Crippen LogP contribution is -2.38. The van der Waals surface area contributed by atoms with Gasteiger partial charge in [-0.05, 0) is 25.0 Å². The van der Waals surface area contributed by atoms with Gasteiger partial charge in [-0.2, -0.15) is 0 Å². The fourth-order valence-electron chi connectivity index (χ4n) is 3.19. The van der Waals surface area contributed by atoms with Crippen molar-refractivity contribution >= 4 is 32.1 Å². The molecule has 0 saturated carbocycles. The van der Waals surface area contributed by atoms with Gasteiger partial charge in [-0.15, -0.1) is 5.10 Å². The van der Waals surface area contributed by atoms with Gasteiger partial charge in [-0.25, -0.2) is 4.68 Å². The second-order valence-corrected chi connectivity index (χ2v) is 13.1. The molecule has 3 rings (SSSR count). The Bertz CT molecular complexity index is 878. The number of benzene rings is 1. The van der Waals surface area contributed by atoms with Gasteiger partial charge >= 0.3 is 7.12 Å². The minimum atomic E-state index is -1.56. The third kappa shape index (κ3) is 4.36. The average Bonchev–Trinajstić information content (AvgIpc) is 3.03. The summed E-state index contributed by atoms with van der Waals surface area (Å²) in [5.74, 6) is -0.0803. The van der Waals surface area contributed by atoms with Crippen LogP contribution in [0.5, 0.6) is 5.75 Å². The van der Waals surface area contributed by atoms with Gasteiger partial charge in [-0.1, -0.05) is 37.0 Å². The maximum Gasteiger partial charge on any atom is 0.526 e. The van der Waals surface area contributed by atoms with Crippen LogP contribution in [0.2, 0.25) is 25.5 Å². The SMILES string of the molecule is CC(=O)c1cccc2c1OB(O)[C@@H](CC(=O)Cn1cc([Si](C)(C)C)nn1)C2. The van der Waals surface area contributed by atoms with E-state index in [1.54, 1.807) is 16.8 Å². The maximum absolute atomic E-state index is 12.5. The Labute approximate surface area is 159 Å². The molecule has 1 aliphatic heterocycles. The first-order chi connectivity index (χ1) is 12.6. The van der Waals surface area contributed by atoms with Crippen molar-refractivity contribution in [3.05, 3.63) is 35.5 Å². The zero-order valence-electron chi connectivity index (χ0n) is 16.1. The number of aromatic nitrogens is 3. The molecular weight excluding hydrogens is 361 g/mol. The third-order valence-electron chi connectivity index (χ3n) is 4.74. The molecule has 1 N–H and O–H groups in total. The van der Waals surface area contributed by atoms with Gasteiger partial charge < -0.3 is 9.68 Å². The van der Waals surface area contributed by atoms with Crippen LogP contribution in [0.15, 0.2) is 24.4 Å². The van der Waals surface area contributed by atoms with Crippen molar-refractivity contribution in [2.24, 2.45) is 0 Å². The molecule has 0 fully saturated rings. The van der Waals surface area contributed by atoms with Gasteiger partial charge in [0.25, 0.3) is 0 Å². The molecule has 1 atom stereocenters. The van der Waals surface area contributed by atoms with Crippen LogP contribution >= 0.6 is 0 Å². The number of carbonyl (C=O) groups is 2. The summed E-state index contributed by atoms with van der Waals surface area (Å²) >= 11 is 0. The number of hydrogen-bond donors (Lipinski definition) is 1. The van der Waals surface area contributed by atoms with E-state index in [-0.39, 0.29) is 30.3 Å². The highest BCUT2D eigenvalue weighted by Crippen LogP contribution is 2.36. The summed E-state index contributed by atoms with van der Waals surface area (Å²) in [5.41, 5.74) is 1.30. The molecule has 27 heavy (non-hydrogen) atoms. The number of para-hydroxylation sites is 1. The zero-order chi connectivity index (χ0) is 19.8. The van der Waals surface area contributed by atoms with Gasteiger partial charge in [0.15, 0.2) is 11.6 Å². The minimum Gasteiger partial charge on any atom is -0.535 e. The topological polar surface area (TPSA) is 94.3 Å². The Morgan fingerprint density at radius 2 is 2.11 bits per heavy atom. The molecule has 2 aromatic rings. The van der Waals surface area contributed by atoms with Crippen molar-refractivity contribution in [2.75, 3.05) is 0 Å². The van der Waals surface area contributed by atoms with Gasteiger partial charge in [-0.3, -0.25) is 9.59 Å². The smallest absolute Gasteiger partial charge is 0.526 e. The molecule has 0 aliphatic carbocycles. The van der Waals surface area contributed by atoms with Crippen LogP contribution < -0.4 is 9.97 Å². The van der Waals surface area contributed by atoms with Crippen molar-refractivity contribution in [3.8, 4) is 5.75 Å². The molecule has 142 valence electrons. The predicted molar refractivity (Wildman–Crippen MR) is 105 cm³/mol. The van der Waals surface area contributed by atoms with E-state index in [0.29, 0.717) is 17.7 Å². The normalized spacial score (nSPS) is 16.6. The van der Waals surface area contributed by atoms with E-state index in [9.17, 15) is 14.6 Å². The summed E-state index contributed by atoms with van der Waals surface area (Å²) in [6, 6.07) is 5.34. The average molecular weight is 385 g/mol. The Balaban J connectivity index is 1.68. The first kappa shape index (κ1) is 19.5. The van der Waals surface area contributed by atoms with Gasteiger partial charge in [0.1, 0.15) is 20.4 Å². The molecule has 0 unspecified atom stereocenters. The Morgan fingerprint density at radius 1 is 1.37 bits per heavy atom. The van der Waals surface area contributed by atoms with Crippen LogP contribution in [0.25, 0.3) is 0 Å². The summed E-state index contributed by atoms with van der Waals surface area (Å²) in [7, 11) is -2.68. The highest BCUT2D eigenvalue weighted by molar-refractivity contribution is 6.88. The lowest BCUT2D eigenvalue weighted by Gasteiger charge is -2.28. The lowest BCUT2D eigenvalue weighted by molar-refractivity contribution is -0.120. The Kier molecular flexibility index (Phi) is 5.34. The molecule has 1 aromatic carbocycles. The first-order valence-electron chi connectivity index (χ1n) is 9.05. The molecule has 0 radical (unpaired) electrons. The van der Waals surface area contributed by atoms with E-state index in [2.05, 4.69) is 30.0 Å². The largest absolute Gasteiger partial charge is 0.535 e. The van der Waals surface area contributed by atoms with Crippen molar-refractivity contribution < 1.29 is 19.3 Å². The van der Waals surface area contributed by atoms with Crippen LogP contribution in [-0.2, 0) is 17.8 Å². The summed E-state index contributed by atoms with van der Waals surface area (Å²) in [6.07, 6.45) is 2.50. The Morgan fingerprint density at radius 3 is 2.74 bits per heavy atom. The first-order valence-corrected chi connectivity index (χ1v) is 12.5. The quantitative estimate of drug-likeness (QED) is 0.598. The number of ketones is 2. The summed E-state index contributed by atoms with van der Waals surface area (Å²) in [4.78, 5) is 24.2. The number of carbonyl (C=O) groups excluding carboxylic acids is 2. The minimum absolute atomic E-state index is 0.0409. The van der Waals surface area contributed by atoms with E-state index in [0.717, 1.165) is 10.9 Å². The standard InChI is InChI=1S/C18H24BN3O4Si/c1-12(23)16-7-5-6-13-8-14(19(25)26-18(13)16)9-15(24)10-22-11-17(20-21-22)27(2,3)4/h5-7,11,14,25H,8-10H2,1-4H3/t14-/m1/s1. The maximum atomic E-state index is 12.5. The van der Waals surface area contributed by atoms with E-state index >= 15 is 0 Å². The van der Waals surface area contributed by atoms with E-state index < -0.39 is 15.2 Å². The van der Waals surface area contributed by atoms with E-state index in [1.807, 2.05) is 12.3 Å². The summed E-state index contributed by atoms with van der Waals surface area (Å²) in [6.45, 7) is 8.11. The molecular formula is C18H24BN3O4Si. The highest BCUT2D eigenvalue weighted by Gasteiger charge is 2.37. The van der Waals surface area contributed by atoms with Crippen molar-refractivity contribution in [2.45, 2.75) is 51.8 Å². The number of nitrogens with zero attached hydrogens (tertiary/aromatic N) is 3. The number of rotatable bonds is 6. The molecule has 0 saturated heterocycles. The number of fused-ring (bicyclic) bond motifs is 1. The number of hydrogen-bond acceptors (Lipinski definition) is 6. The van der Waals surface area contributed by atoms with E-state index in [4.69, 9.17) is 4.65 Å².